The van der Waals surface area contributed by atoms with Crippen molar-refractivity contribution in [2.24, 2.45) is 0 Å². The molecule has 0 saturated carbocycles. The summed E-state index contributed by atoms with van der Waals surface area (Å²) in [6.45, 7) is 1.91. The first kappa shape index (κ1) is 15.3. The molecule has 0 fully saturated rings. The van der Waals surface area contributed by atoms with Gasteiger partial charge < -0.3 is 4.18 Å². The predicted molar refractivity (Wildman–Crippen MR) is 95.7 cm³/mol. The van der Waals surface area contributed by atoms with Gasteiger partial charge in [0.25, 0.3) is 0 Å². The van der Waals surface area contributed by atoms with E-state index in [1.54, 1.807) is 36.4 Å². The molecular formula is C17H13IO3S. The SMILES string of the molecule is Cc1ccc(S(=O)(=O)Oc2cccc3cc(I)ccc23)cc1. The van der Waals surface area contributed by atoms with Gasteiger partial charge in [-0.25, -0.2) is 0 Å². The number of hydrogen-bond donors (Lipinski definition) is 0. The van der Waals surface area contributed by atoms with Gasteiger partial charge in [0.2, 0.25) is 0 Å². The van der Waals surface area contributed by atoms with Crippen LogP contribution in [0.1, 0.15) is 5.56 Å². The van der Waals surface area contributed by atoms with Crippen LogP contribution in [-0.4, -0.2) is 8.42 Å². The molecule has 3 aromatic rings. The molecule has 0 N–H and O–H groups in total. The Hall–Kier alpha value is -1.60. The molecule has 112 valence electrons. The van der Waals surface area contributed by atoms with Gasteiger partial charge in [0.15, 0.2) is 5.75 Å². The summed E-state index contributed by atoms with van der Waals surface area (Å²) in [7, 11) is -3.83. The molecule has 0 saturated heterocycles. The van der Waals surface area contributed by atoms with Crippen LogP contribution in [-0.2, 0) is 10.1 Å². The second kappa shape index (κ2) is 5.89. The van der Waals surface area contributed by atoms with Crippen molar-refractivity contribution in [3.8, 4) is 5.75 Å². The number of fused-ring (bicyclic) bond motifs is 1. The van der Waals surface area contributed by atoms with E-state index < -0.39 is 10.1 Å². The van der Waals surface area contributed by atoms with Crippen molar-refractivity contribution >= 4 is 43.5 Å². The second-order valence-corrected chi connectivity index (χ2v) is 7.76. The van der Waals surface area contributed by atoms with E-state index in [-0.39, 0.29) is 4.90 Å². The van der Waals surface area contributed by atoms with E-state index in [1.807, 2.05) is 31.2 Å². The minimum Gasteiger partial charge on any atom is -0.378 e. The molecule has 0 spiro atoms. The summed E-state index contributed by atoms with van der Waals surface area (Å²) in [6, 6.07) is 17.8. The molecule has 22 heavy (non-hydrogen) atoms. The number of halogens is 1. The summed E-state index contributed by atoms with van der Waals surface area (Å²) < 4.78 is 31.2. The van der Waals surface area contributed by atoms with Gasteiger partial charge in [0, 0.05) is 8.96 Å². The zero-order valence-corrected chi connectivity index (χ0v) is 14.8. The molecule has 3 nitrogen and oxygen atoms in total. The van der Waals surface area contributed by atoms with Crippen molar-refractivity contribution < 1.29 is 12.6 Å². The fourth-order valence-corrected chi connectivity index (χ4v) is 3.63. The van der Waals surface area contributed by atoms with Gasteiger partial charge >= 0.3 is 10.1 Å². The average Bonchev–Trinajstić information content (AvgIpc) is 2.47. The van der Waals surface area contributed by atoms with E-state index in [1.165, 1.54) is 0 Å². The van der Waals surface area contributed by atoms with E-state index in [9.17, 15) is 8.42 Å². The first-order valence-electron chi connectivity index (χ1n) is 6.65. The lowest BCUT2D eigenvalue weighted by molar-refractivity contribution is 0.488. The number of aryl methyl sites for hydroxylation is 1. The van der Waals surface area contributed by atoms with E-state index in [0.29, 0.717) is 5.75 Å². The van der Waals surface area contributed by atoms with Gasteiger partial charge in [-0.05, 0) is 71.3 Å². The first-order valence-corrected chi connectivity index (χ1v) is 9.14. The van der Waals surface area contributed by atoms with E-state index >= 15 is 0 Å². The van der Waals surface area contributed by atoms with Crippen LogP contribution in [0, 0.1) is 10.5 Å². The molecule has 0 heterocycles. The molecule has 0 amide bonds. The Morgan fingerprint density at radius 2 is 1.68 bits per heavy atom. The van der Waals surface area contributed by atoms with E-state index in [4.69, 9.17) is 4.18 Å². The van der Waals surface area contributed by atoms with Crippen molar-refractivity contribution in [1.82, 2.24) is 0 Å². The molecule has 0 radical (unpaired) electrons. The zero-order valence-electron chi connectivity index (χ0n) is 11.8. The molecule has 0 aliphatic rings. The summed E-state index contributed by atoms with van der Waals surface area (Å²) >= 11 is 2.22. The highest BCUT2D eigenvalue weighted by molar-refractivity contribution is 14.1. The van der Waals surface area contributed by atoms with Crippen molar-refractivity contribution in [3.63, 3.8) is 0 Å². The highest BCUT2D eigenvalue weighted by atomic mass is 127. The van der Waals surface area contributed by atoms with Gasteiger partial charge in [-0.2, -0.15) is 8.42 Å². The lowest BCUT2D eigenvalue weighted by Gasteiger charge is -2.10. The Bertz CT molecular complexity index is 932. The Kier molecular flexibility index (Phi) is 4.10. The van der Waals surface area contributed by atoms with Gasteiger partial charge in [0.05, 0.1) is 0 Å². The fraction of sp³-hybridized carbons (Fsp3) is 0.0588. The van der Waals surface area contributed by atoms with Crippen molar-refractivity contribution in [1.29, 1.82) is 0 Å². The highest BCUT2D eigenvalue weighted by Crippen LogP contribution is 2.29. The zero-order chi connectivity index (χ0) is 15.7. The topological polar surface area (TPSA) is 43.4 Å². The molecule has 3 rings (SSSR count). The van der Waals surface area contributed by atoms with Gasteiger partial charge in [-0.1, -0.05) is 29.8 Å². The maximum Gasteiger partial charge on any atom is 0.339 e. The maximum absolute atomic E-state index is 12.4. The molecular weight excluding hydrogens is 411 g/mol. The van der Waals surface area contributed by atoms with Gasteiger partial charge in [-0.15, -0.1) is 0 Å². The van der Waals surface area contributed by atoms with Crippen LogP contribution in [0.4, 0.5) is 0 Å². The minimum absolute atomic E-state index is 0.153. The first-order chi connectivity index (χ1) is 10.5. The van der Waals surface area contributed by atoms with Crippen LogP contribution in [0.5, 0.6) is 5.75 Å². The summed E-state index contributed by atoms with van der Waals surface area (Å²) in [6.07, 6.45) is 0. The lowest BCUT2D eigenvalue weighted by atomic mass is 10.1. The highest BCUT2D eigenvalue weighted by Gasteiger charge is 2.17. The summed E-state index contributed by atoms with van der Waals surface area (Å²) in [4.78, 5) is 0.153. The van der Waals surface area contributed by atoms with Crippen LogP contribution in [0.2, 0.25) is 0 Å². The minimum atomic E-state index is -3.83. The Balaban J connectivity index is 2.04. The summed E-state index contributed by atoms with van der Waals surface area (Å²) in [5.74, 6) is 0.342. The largest absolute Gasteiger partial charge is 0.378 e. The number of hydrogen-bond acceptors (Lipinski definition) is 3. The number of rotatable bonds is 3. The van der Waals surface area contributed by atoms with Gasteiger partial charge in [0.1, 0.15) is 4.90 Å². The molecule has 0 unspecified atom stereocenters. The lowest BCUT2D eigenvalue weighted by Crippen LogP contribution is -2.09. The Morgan fingerprint density at radius 3 is 2.41 bits per heavy atom. The van der Waals surface area contributed by atoms with Crippen LogP contribution in [0.25, 0.3) is 10.8 Å². The number of benzene rings is 3. The predicted octanol–water partition coefficient (Wildman–Crippen LogP) is 4.52. The standard InChI is InChI=1S/C17H13IO3S/c1-12-5-8-15(9-6-12)22(19,20)21-17-4-2-3-13-11-14(18)7-10-16(13)17/h2-11H,1H3. The van der Waals surface area contributed by atoms with Crippen LogP contribution < -0.4 is 4.18 Å². The quantitative estimate of drug-likeness (QED) is 0.459. The van der Waals surface area contributed by atoms with E-state index in [0.717, 1.165) is 19.9 Å². The molecule has 5 heteroatoms. The van der Waals surface area contributed by atoms with Crippen LogP contribution >= 0.6 is 22.6 Å². The average molecular weight is 424 g/mol. The molecule has 0 aliphatic carbocycles. The third kappa shape index (κ3) is 3.10. The summed E-state index contributed by atoms with van der Waals surface area (Å²) in [5, 5.41) is 1.72. The van der Waals surface area contributed by atoms with Crippen molar-refractivity contribution in [2.75, 3.05) is 0 Å². The molecule has 0 bridgehead atoms. The smallest absolute Gasteiger partial charge is 0.339 e. The molecule has 0 aromatic heterocycles. The molecule has 3 aromatic carbocycles. The second-order valence-electron chi connectivity index (χ2n) is 4.97. The van der Waals surface area contributed by atoms with Gasteiger partial charge in [-0.3, -0.25) is 0 Å². The Morgan fingerprint density at radius 1 is 0.955 bits per heavy atom. The Labute approximate surface area is 143 Å². The maximum atomic E-state index is 12.4. The third-order valence-corrected chi connectivity index (χ3v) is 5.23. The van der Waals surface area contributed by atoms with Crippen LogP contribution in [0.15, 0.2) is 65.6 Å². The molecule has 0 aliphatic heterocycles. The monoisotopic (exact) mass is 424 g/mol. The van der Waals surface area contributed by atoms with E-state index in [2.05, 4.69) is 22.6 Å². The van der Waals surface area contributed by atoms with Crippen molar-refractivity contribution in [2.45, 2.75) is 11.8 Å². The normalized spacial score (nSPS) is 11.5. The fourth-order valence-electron chi connectivity index (χ4n) is 2.17. The van der Waals surface area contributed by atoms with Crippen LogP contribution in [0.3, 0.4) is 0 Å². The molecule has 0 atom stereocenters. The van der Waals surface area contributed by atoms with Crippen molar-refractivity contribution in [3.05, 3.63) is 69.8 Å². The third-order valence-electron chi connectivity index (χ3n) is 3.31. The summed E-state index contributed by atoms with van der Waals surface area (Å²) in [5.41, 5.74) is 0.999.